The van der Waals surface area contributed by atoms with Gasteiger partial charge in [0.05, 0.1) is 16.8 Å². The lowest BCUT2D eigenvalue weighted by molar-refractivity contribution is 0.157. The van der Waals surface area contributed by atoms with E-state index in [0.29, 0.717) is 29.8 Å². The first-order valence-electron chi connectivity index (χ1n) is 7.02. The molecule has 2 aliphatic rings. The van der Waals surface area contributed by atoms with Gasteiger partial charge in [0, 0.05) is 25.1 Å². The van der Waals surface area contributed by atoms with Crippen molar-refractivity contribution in [2.75, 3.05) is 14.2 Å². The van der Waals surface area contributed by atoms with Crippen molar-refractivity contribution >= 4 is 27.5 Å². The molecule has 0 radical (unpaired) electrons. The van der Waals surface area contributed by atoms with Crippen LogP contribution in [0.2, 0.25) is 5.15 Å². The summed E-state index contributed by atoms with van der Waals surface area (Å²) in [5.41, 5.74) is 0.841. The molecule has 1 aromatic rings. The summed E-state index contributed by atoms with van der Waals surface area (Å²) in [4.78, 5) is 11.7. The maximum absolute atomic E-state index is 6.23. The molecule has 6 heteroatoms. The van der Waals surface area contributed by atoms with E-state index in [9.17, 15) is 0 Å². The highest BCUT2D eigenvalue weighted by atomic mass is 79.9. The maximum Gasteiger partial charge on any atom is 0.147 e. The number of nitrogens with zero attached hydrogens (tertiary/aromatic N) is 3. The molecule has 0 aliphatic carbocycles. The quantitative estimate of drug-likeness (QED) is 0.775. The van der Waals surface area contributed by atoms with E-state index < -0.39 is 0 Å². The minimum atomic E-state index is 0.421. The Hall–Kier alpha value is -0.230. The molecule has 0 aromatic carbocycles. The lowest BCUT2D eigenvalue weighted by Gasteiger charge is -2.35. The van der Waals surface area contributed by atoms with Crippen LogP contribution in [0.5, 0.6) is 0 Å². The van der Waals surface area contributed by atoms with Crippen LogP contribution in [0.3, 0.4) is 0 Å². The second-order valence-electron chi connectivity index (χ2n) is 5.79. The van der Waals surface area contributed by atoms with Crippen LogP contribution in [0.1, 0.15) is 43.1 Å². The van der Waals surface area contributed by atoms with Crippen molar-refractivity contribution in [2.24, 2.45) is 0 Å². The fourth-order valence-electron chi connectivity index (χ4n) is 3.52. The van der Waals surface area contributed by atoms with Crippen molar-refractivity contribution < 1.29 is 4.74 Å². The number of aromatic nitrogens is 2. The highest BCUT2D eigenvalue weighted by molar-refractivity contribution is 9.10. The number of methoxy groups -OCH3 is 1. The van der Waals surface area contributed by atoms with Crippen LogP contribution in [0.25, 0.3) is 0 Å². The first kappa shape index (κ1) is 14.7. The monoisotopic (exact) mass is 359 g/mol. The van der Waals surface area contributed by atoms with Gasteiger partial charge in [-0.3, -0.25) is 0 Å². The highest BCUT2D eigenvalue weighted by Crippen LogP contribution is 2.41. The van der Waals surface area contributed by atoms with Gasteiger partial charge in [0.1, 0.15) is 11.0 Å². The molecule has 110 valence electrons. The molecule has 2 fully saturated rings. The van der Waals surface area contributed by atoms with E-state index in [1.54, 1.807) is 7.11 Å². The van der Waals surface area contributed by atoms with Crippen molar-refractivity contribution in [3.05, 3.63) is 21.1 Å². The topological polar surface area (TPSA) is 38.2 Å². The Balaban J connectivity index is 1.87. The Morgan fingerprint density at radius 1 is 1.30 bits per heavy atom. The Bertz CT molecular complexity index is 499. The lowest BCUT2D eigenvalue weighted by atomic mass is 9.90. The fourth-order valence-corrected chi connectivity index (χ4v) is 4.01. The molecule has 0 N–H and O–H groups in total. The van der Waals surface area contributed by atoms with E-state index in [0.717, 1.165) is 28.8 Å². The van der Waals surface area contributed by atoms with Crippen molar-refractivity contribution in [3.63, 3.8) is 0 Å². The molecule has 3 heterocycles. The third-order valence-electron chi connectivity index (χ3n) is 4.64. The summed E-state index contributed by atoms with van der Waals surface area (Å²) in [6.45, 7) is 0.454. The molecule has 20 heavy (non-hydrogen) atoms. The molecule has 2 bridgehead atoms. The van der Waals surface area contributed by atoms with Crippen LogP contribution in [0.15, 0.2) is 4.47 Å². The van der Waals surface area contributed by atoms with E-state index in [1.165, 1.54) is 12.8 Å². The van der Waals surface area contributed by atoms with E-state index >= 15 is 0 Å². The molecule has 1 aromatic heterocycles. The largest absolute Gasteiger partial charge is 0.378 e. The Labute approximate surface area is 133 Å². The number of rotatable bonds is 3. The molecule has 4 nitrogen and oxygen atoms in total. The molecule has 2 aliphatic heterocycles. The average molecular weight is 361 g/mol. The molecule has 0 spiro atoms. The SMILES string of the molecule is COCc1nc(C2CC3CCC(C2)N3C)nc(Cl)c1Br. The number of hydrogen-bond acceptors (Lipinski definition) is 4. The van der Waals surface area contributed by atoms with Crippen LogP contribution in [0, 0.1) is 0 Å². The van der Waals surface area contributed by atoms with Crippen LogP contribution < -0.4 is 0 Å². The van der Waals surface area contributed by atoms with E-state index in [4.69, 9.17) is 16.3 Å². The third-order valence-corrected chi connectivity index (χ3v) is 5.98. The summed E-state index contributed by atoms with van der Waals surface area (Å²) in [5.74, 6) is 1.31. The number of halogens is 2. The average Bonchev–Trinajstić information content (AvgIpc) is 2.66. The van der Waals surface area contributed by atoms with E-state index in [2.05, 4.69) is 37.8 Å². The zero-order valence-corrected chi connectivity index (χ0v) is 14.1. The first-order chi connectivity index (χ1) is 9.60. The van der Waals surface area contributed by atoms with Crippen LogP contribution in [-0.4, -0.2) is 41.1 Å². The second kappa shape index (κ2) is 5.87. The Morgan fingerprint density at radius 3 is 2.55 bits per heavy atom. The first-order valence-corrected chi connectivity index (χ1v) is 8.20. The highest BCUT2D eigenvalue weighted by Gasteiger charge is 2.40. The predicted octanol–water partition coefficient (Wildman–Crippen LogP) is 3.38. The molecule has 0 saturated carbocycles. The van der Waals surface area contributed by atoms with Crippen LogP contribution in [0.4, 0.5) is 0 Å². The molecule has 0 amide bonds. The molecular weight excluding hydrogens is 342 g/mol. The fraction of sp³-hybridized carbons (Fsp3) is 0.714. The van der Waals surface area contributed by atoms with E-state index in [1.807, 2.05) is 0 Å². The molecule has 2 saturated heterocycles. The van der Waals surface area contributed by atoms with Gasteiger partial charge in [-0.05, 0) is 48.7 Å². The van der Waals surface area contributed by atoms with Gasteiger partial charge in [-0.15, -0.1) is 0 Å². The summed E-state index contributed by atoms with van der Waals surface area (Å²) < 4.78 is 5.94. The van der Waals surface area contributed by atoms with Gasteiger partial charge < -0.3 is 9.64 Å². The summed E-state index contributed by atoms with van der Waals surface area (Å²) >= 11 is 9.67. The summed E-state index contributed by atoms with van der Waals surface area (Å²) in [6.07, 6.45) is 4.87. The van der Waals surface area contributed by atoms with Gasteiger partial charge in [0.25, 0.3) is 0 Å². The smallest absolute Gasteiger partial charge is 0.147 e. The normalized spacial score (nSPS) is 29.9. The number of fused-ring (bicyclic) bond motifs is 2. The summed E-state index contributed by atoms with van der Waals surface area (Å²) in [5, 5.41) is 0.494. The van der Waals surface area contributed by atoms with Crippen LogP contribution >= 0.6 is 27.5 Å². The van der Waals surface area contributed by atoms with Crippen LogP contribution in [-0.2, 0) is 11.3 Å². The van der Waals surface area contributed by atoms with Gasteiger partial charge in [0.2, 0.25) is 0 Å². The van der Waals surface area contributed by atoms with Gasteiger partial charge in [0.15, 0.2) is 0 Å². The van der Waals surface area contributed by atoms with Crippen molar-refractivity contribution in [1.82, 2.24) is 14.9 Å². The predicted molar refractivity (Wildman–Crippen MR) is 82.0 cm³/mol. The number of ether oxygens (including phenoxy) is 1. The summed E-state index contributed by atoms with van der Waals surface area (Å²) in [6, 6.07) is 1.35. The van der Waals surface area contributed by atoms with Gasteiger partial charge in [-0.2, -0.15) is 0 Å². The van der Waals surface area contributed by atoms with Gasteiger partial charge in [-0.1, -0.05) is 11.6 Å². The zero-order chi connectivity index (χ0) is 14.3. The number of hydrogen-bond donors (Lipinski definition) is 0. The third kappa shape index (κ3) is 2.61. The van der Waals surface area contributed by atoms with Crippen molar-refractivity contribution in [3.8, 4) is 0 Å². The zero-order valence-electron chi connectivity index (χ0n) is 11.8. The minimum absolute atomic E-state index is 0.421. The second-order valence-corrected chi connectivity index (χ2v) is 6.94. The molecule has 2 atom stereocenters. The Morgan fingerprint density at radius 2 is 1.95 bits per heavy atom. The van der Waals surface area contributed by atoms with Crippen molar-refractivity contribution in [2.45, 2.75) is 50.3 Å². The van der Waals surface area contributed by atoms with Gasteiger partial charge >= 0.3 is 0 Å². The molecule has 2 unspecified atom stereocenters. The van der Waals surface area contributed by atoms with Crippen molar-refractivity contribution in [1.29, 1.82) is 0 Å². The maximum atomic E-state index is 6.23. The molecular formula is C14H19BrClN3O. The Kier molecular flexibility index (Phi) is 4.32. The van der Waals surface area contributed by atoms with E-state index in [-0.39, 0.29) is 0 Å². The van der Waals surface area contributed by atoms with Gasteiger partial charge in [-0.25, -0.2) is 9.97 Å². The molecule has 3 rings (SSSR count). The minimum Gasteiger partial charge on any atom is -0.378 e. The standard InChI is InChI=1S/C14H19BrClN3O/c1-19-9-3-4-10(19)6-8(5-9)14-17-11(7-20-2)12(15)13(16)18-14/h8-10H,3-7H2,1-2H3. The number of piperidine rings is 1. The lowest BCUT2D eigenvalue weighted by Crippen LogP contribution is -2.39. The summed E-state index contributed by atoms with van der Waals surface area (Å²) in [7, 11) is 3.91.